The summed E-state index contributed by atoms with van der Waals surface area (Å²) < 4.78 is 7.43. The molecule has 4 rings (SSSR count). The quantitative estimate of drug-likeness (QED) is 0.492. The normalized spacial score (nSPS) is 11.1. The lowest BCUT2D eigenvalue weighted by atomic mass is 10.1. The van der Waals surface area contributed by atoms with Crippen LogP contribution in [0.1, 0.15) is 22.6 Å². The van der Waals surface area contributed by atoms with Gasteiger partial charge >= 0.3 is 0 Å². The molecular formula is C18H18N8OS. The maximum absolute atomic E-state index is 5.93. The Kier molecular flexibility index (Phi) is 5.02. The Bertz CT molecular complexity index is 1110. The summed E-state index contributed by atoms with van der Waals surface area (Å²) in [5.41, 5.74) is 9.57. The Hall–Kier alpha value is -3.27. The first kappa shape index (κ1) is 18.1. The molecule has 0 aliphatic rings. The summed E-state index contributed by atoms with van der Waals surface area (Å²) in [6, 6.07) is 7.94. The number of nitrogen functional groups attached to an aromatic ring is 1. The third-order valence-electron chi connectivity index (χ3n) is 3.95. The second kappa shape index (κ2) is 7.77. The Morgan fingerprint density at radius 3 is 2.89 bits per heavy atom. The van der Waals surface area contributed by atoms with Gasteiger partial charge in [-0.25, -0.2) is 14.6 Å². The lowest BCUT2D eigenvalue weighted by Crippen LogP contribution is -2.07. The van der Waals surface area contributed by atoms with Gasteiger partial charge in [0.25, 0.3) is 5.22 Å². The van der Waals surface area contributed by atoms with Crippen LogP contribution in [-0.2, 0) is 12.3 Å². The number of anilines is 1. The molecule has 28 heavy (non-hydrogen) atoms. The van der Waals surface area contributed by atoms with E-state index in [-0.39, 0.29) is 0 Å². The molecule has 0 aliphatic heterocycles. The smallest absolute Gasteiger partial charge is 0.277 e. The molecule has 0 spiro atoms. The average Bonchev–Trinajstić information content (AvgIpc) is 3.32. The van der Waals surface area contributed by atoms with Crippen LogP contribution in [-0.4, -0.2) is 35.2 Å². The fraction of sp³-hybridized carbons (Fsp3) is 0.222. The number of benzene rings is 1. The number of thioether (sulfide) groups is 1. The summed E-state index contributed by atoms with van der Waals surface area (Å²) in [6.45, 7) is 4.28. The summed E-state index contributed by atoms with van der Waals surface area (Å²) in [6.07, 6.45) is 3.56. The molecule has 0 amide bonds. The highest BCUT2D eigenvalue weighted by Gasteiger charge is 2.11. The number of aromatic nitrogens is 7. The van der Waals surface area contributed by atoms with Gasteiger partial charge in [-0.15, -0.1) is 15.3 Å². The van der Waals surface area contributed by atoms with Crippen LogP contribution in [0.25, 0.3) is 11.5 Å². The van der Waals surface area contributed by atoms with Crippen molar-refractivity contribution < 1.29 is 4.42 Å². The molecule has 2 N–H and O–H groups in total. The van der Waals surface area contributed by atoms with Crippen LogP contribution < -0.4 is 5.73 Å². The molecule has 10 heteroatoms. The monoisotopic (exact) mass is 394 g/mol. The van der Waals surface area contributed by atoms with Crippen LogP contribution in [0.15, 0.2) is 46.3 Å². The second-order valence-electron chi connectivity index (χ2n) is 6.27. The van der Waals surface area contributed by atoms with Gasteiger partial charge in [-0.3, -0.25) is 0 Å². The van der Waals surface area contributed by atoms with E-state index in [1.54, 1.807) is 17.8 Å². The summed E-state index contributed by atoms with van der Waals surface area (Å²) in [5, 5.41) is 17.0. The Morgan fingerprint density at radius 1 is 1.18 bits per heavy atom. The maximum atomic E-state index is 5.93. The summed E-state index contributed by atoms with van der Waals surface area (Å²) in [7, 11) is 0. The summed E-state index contributed by atoms with van der Waals surface area (Å²) in [5.74, 6) is 2.16. The van der Waals surface area contributed by atoms with Crippen molar-refractivity contribution in [2.45, 2.75) is 31.4 Å². The van der Waals surface area contributed by atoms with Gasteiger partial charge in [-0.2, -0.15) is 0 Å². The highest BCUT2D eigenvalue weighted by molar-refractivity contribution is 7.98. The third kappa shape index (κ3) is 4.17. The maximum Gasteiger partial charge on any atom is 0.277 e. The van der Waals surface area contributed by atoms with E-state index in [4.69, 9.17) is 10.2 Å². The first-order valence-electron chi connectivity index (χ1n) is 8.57. The molecule has 4 aromatic rings. The van der Waals surface area contributed by atoms with E-state index in [1.165, 1.54) is 11.8 Å². The Labute approximate surface area is 165 Å². The zero-order valence-electron chi connectivity index (χ0n) is 15.4. The zero-order valence-corrected chi connectivity index (χ0v) is 16.2. The lowest BCUT2D eigenvalue weighted by Gasteiger charge is -2.04. The van der Waals surface area contributed by atoms with Crippen molar-refractivity contribution >= 4 is 17.6 Å². The van der Waals surface area contributed by atoms with Crippen LogP contribution in [0, 0.1) is 13.8 Å². The van der Waals surface area contributed by atoms with Gasteiger partial charge in [0, 0.05) is 29.3 Å². The molecule has 3 aromatic heterocycles. The number of rotatable bonds is 6. The molecule has 0 radical (unpaired) electrons. The Balaban J connectivity index is 1.38. The molecule has 1 aromatic carbocycles. The van der Waals surface area contributed by atoms with Crippen molar-refractivity contribution in [1.82, 2.24) is 35.2 Å². The molecule has 0 saturated carbocycles. The van der Waals surface area contributed by atoms with Gasteiger partial charge in [0.15, 0.2) is 0 Å². The molecular weight excluding hydrogens is 376 g/mol. The molecule has 0 atom stereocenters. The first-order valence-corrected chi connectivity index (χ1v) is 9.56. The predicted octanol–water partition coefficient (Wildman–Crippen LogP) is 2.66. The van der Waals surface area contributed by atoms with Gasteiger partial charge in [0.05, 0.1) is 12.2 Å². The van der Waals surface area contributed by atoms with E-state index in [1.807, 2.05) is 37.4 Å². The fourth-order valence-corrected chi connectivity index (χ4v) is 3.23. The van der Waals surface area contributed by atoms with Gasteiger partial charge in [0.1, 0.15) is 11.6 Å². The van der Waals surface area contributed by atoms with Gasteiger partial charge in [0.2, 0.25) is 5.89 Å². The van der Waals surface area contributed by atoms with Crippen LogP contribution in [0.2, 0.25) is 0 Å². The van der Waals surface area contributed by atoms with Crippen molar-refractivity contribution in [1.29, 1.82) is 0 Å². The topological polar surface area (TPSA) is 121 Å². The van der Waals surface area contributed by atoms with E-state index in [0.29, 0.717) is 35.1 Å². The van der Waals surface area contributed by atoms with Gasteiger partial charge < -0.3 is 10.2 Å². The van der Waals surface area contributed by atoms with E-state index < -0.39 is 0 Å². The van der Waals surface area contributed by atoms with Crippen LogP contribution in [0.5, 0.6) is 0 Å². The highest BCUT2D eigenvalue weighted by Crippen LogP contribution is 2.25. The van der Waals surface area contributed by atoms with Crippen molar-refractivity contribution in [3.8, 4) is 11.5 Å². The molecule has 0 saturated heterocycles. The van der Waals surface area contributed by atoms with E-state index in [0.717, 1.165) is 22.4 Å². The molecule has 0 aliphatic carbocycles. The van der Waals surface area contributed by atoms with Crippen LogP contribution in [0.4, 0.5) is 5.82 Å². The summed E-state index contributed by atoms with van der Waals surface area (Å²) in [4.78, 5) is 8.33. The summed E-state index contributed by atoms with van der Waals surface area (Å²) >= 11 is 1.41. The minimum absolute atomic E-state index is 0.452. The minimum atomic E-state index is 0.452. The fourth-order valence-electron chi connectivity index (χ4n) is 2.59. The SMILES string of the molecule is Cc1cccc(-c2nnc(SCc3cn(Cc4cnc(C)nc4N)nn3)o2)c1. The minimum Gasteiger partial charge on any atom is -0.411 e. The predicted molar refractivity (Wildman–Crippen MR) is 104 cm³/mol. The number of hydrogen-bond acceptors (Lipinski definition) is 9. The van der Waals surface area contributed by atoms with E-state index in [9.17, 15) is 0 Å². The molecule has 0 bridgehead atoms. The van der Waals surface area contributed by atoms with Gasteiger partial charge in [-0.05, 0) is 26.0 Å². The standard InChI is InChI=1S/C18H18N8OS/c1-11-4-3-5-13(6-11)17-23-24-18(27-17)28-10-15-9-26(25-22-15)8-14-7-20-12(2)21-16(14)19/h3-7,9H,8,10H2,1-2H3,(H2,19,20,21). The first-order chi connectivity index (χ1) is 13.6. The van der Waals surface area contributed by atoms with Crippen molar-refractivity contribution in [2.24, 2.45) is 0 Å². The molecule has 9 nitrogen and oxygen atoms in total. The van der Waals surface area contributed by atoms with E-state index in [2.05, 4.69) is 30.5 Å². The number of nitrogens with two attached hydrogens (primary N) is 1. The lowest BCUT2D eigenvalue weighted by molar-refractivity contribution is 0.465. The van der Waals surface area contributed by atoms with Crippen LogP contribution >= 0.6 is 11.8 Å². The number of hydrogen-bond donors (Lipinski definition) is 1. The third-order valence-corrected chi connectivity index (χ3v) is 4.80. The molecule has 3 heterocycles. The van der Waals surface area contributed by atoms with E-state index >= 15 is 0 Å². The second-order valence-corrected chi connectivity index (χ2v) is 7.19. The zero-order chi connectivity index (χ0) is 19.5. The highest BCUT2D eigenvalue weighted by atomic mass is 32.2. The molecule has 0 unspecified atom stereocenters. The Morgan fingerprint density at radius 2 is 2.07 bits per heavy atom. The van der Waals surface area contributed by atoms with Crippen molar-refractivity contribution in [2.75, 3.05) is 5.73 Å². The molecule has 0 fully saturated rings. The largest absolute Gasteiger partial charge is 0.411 e. The van der Waals surface area contributed by atoms with Crippen molar-refractivity contribution in [3.63, 3.8) is 0 Å². The molecule has 142 valence electrons. The van der Waals surface area contributed by atoms with Gasteiger partial charge in [-0.1, -0.05) is 34.7 Å². The number of aryl methyl sites for hydroxylation is 2. The van der Waals surface area contributed by atoms with Crippen LogP contribution in [0.3, 0.4) is 0 Å². The average molecular weight is 394 g/mol. The van der Waals surface area contributed by atoms with Crippen molar-refractivity contribution in [3.05, 3.63) is 59.3 Å². The number of nitrogens with zero attached hydrogens (tertiary/aromatic N) is 7.